The van der Waals surface area contributed by atoms with Crippen LogP contribution in [0.5, 0.6) is 0 Å². The van der Waals surface area contributed by atoms with Crippen molar-refractivity contribution in [1.29, 1.82) is 0 Å². The van der Waals surface area contributed by atoms with Gasteiger partial charge in [-0.05, 0) is 18.2 Å². The maximum atomic E-state index is 13.3. The number of halogens is 1. The molecule has 1 aromatic carbocycles. The second kappa shape index (κ2) is 6.94. The Morgan fingerprint density at radius 2 is 2.00 bits per heavy atom. The molecule has 0 radical (unpaired) electrons. The number of benzene rings is 1. The lowest BCUT2D eigenvalue weighted by Gasteiger charge is -2.05. The molecule has 2 rings (SSSR count). The van der Waals surface area contributed by atoms with Gasteiger partial charge in [-0.3, -0.25) is 4.79 Å². The SMILES string of the molecule is O=C(CSc1ccc(C(=O)O)o1)NCc1ccccc1F. The van der Waals surface area contributed by atoms with Crippen molar-refractivity contribution in [2.45, 2.75) is 11.6 Å². The summed E-state index contributed by atoms with van der Waals surface area (Å²) in [7, 11) is 0. The Balaban J connectivity index is 1.79. The first-order valence-electron chi connectivity index (χ1n) is 6.02. The van der Waals surface area contributed by atoms with E-state index < -0.39 is 5.97 Å². The highest BCUT2D eigenvalue weighted by Crippen LogP contribution is 2.20. The van der Waals surface area contributed by atoms with Crippen LogP contribution in [-0.2, 0) is 11.3 Å². The van der Waals surface area contributed by atoms with Crippen LogP contribution in [0.2, 0.25) is 0 Å². The Hall–Kier alpha value is -2.28. The van der Waals surface area contributed by atoms with Crippen LogP contribution in [0.15, 0.2) is 45.9 Å². The highest BCUT2D eigenvalue weighted by molar-refractivity contribution is 7.99. The molecule has 2 N–H and O–H groups in total. The molecule has 0 aliphatic carbocycles. The Morgan fingerprint density at radius 1 is 1.24 bits per heavy atom. The van der Waals surface area contributed by atoms with Crippen molar-refractivity contribution in [3.63, 3.8) is 0 Å². The summed E-state index contributed by atoms with van der Waals surface area (Å²) in [5.74, 6) is -1.95. The number of rotatable bonds is 6. The van der Waals surface area contributed by atoms with Gasteiger partial charge < -0.3 is 14.8 Å². The quantitative estimate of drug-likeness (QED) is 0.802. The smallest absolute Gasteiger partial charge is 0.371 e. The van der Waals surface area contributed by atoms with Gasteiger partial charge in [-0.1, -0.05) is 30.0 Å². The first kappa shape index (κ1) is 15.1. The number of thioether (sulfide) groups is 1. The predicted molar refractivity (Wildman–Crippen MR) is 74.6 cm³/mol. The van der Waals surface area contributed by atoms with Gasteiger partial charge in [-0.15, -0.1) is 0 Å². The summed E-state index contributed by atoms with van der Waals surface area (Å²) in [6.07, 6.45) is 0. The maximum absolute atomic E-state index is 13.3. The average molecular weight is 309 g/mol. The normalized spacial score (nSPS) is 10.3. The first-order valence-corrected chi connectivity index (χ1v) is 7.01. The predicted octanol–water partition coefficient (Wildman–Crippen LogP) is 2.53. The van der Waals surface area contributed by atoms with E-state index in [0.29, 0.717) is 10.7 Å². The second-order valence-electron chi connectivity index (χ2n) is 4.08. The molecule has 0 aliphatic heterocycles. The zero-order valence-corrected chi connectivity index (χ0v) is 11.7. The van der Waals surface area contributed by atoms with E-state index in [1.807, 2.05) is 0 Å². The van der Waals surface area contributed by atoms with Gasteiger partial charge in [0.15, 0.2) is 5.09 Å². The molecule has 2 aromatic rings. The molecule has 21 heavy (non-hydrogen) atoms. The third-order valence-corrected chi connectivity index (χ3v) is 3.48. The highest BCUT2D eigenvalue weighted by Gasteiger charge is 2.11. The molecule has 1 amide bonds. The summed E-state index contributed by atoms with van der Waals surface area (Å²) in [5.41, 5.74) is 0.405. The summed E-state index contributed by atoms with van der Waals surface area (Å²) in [6.45, 7) is 0.102. The van der Waals surface area contributed by atoms with E-state index in [-0.39, 0.29) is 29.8 Å². The maximum Gasteiger partial charge on any atom is 0.371 e. The van der Waals surface area contributed by atoms with Crippen LogP contribution in [0.25, 0.3) is 0 Å². The molecule has 7 heteroatoms. The largest absolute Gasteiger partial charge is 0.475 e. The molecular formula is C14H12FNO4S. The lowest BCUT2D eigenvalue weighted by Crippen LogP contribution is -2.24. The number of hydrogen-bond acceptors (Lipinski definition) is 4. The summed E-state index contributed by atoms with van der Waals surface area (Å²) >= 11 is 1.07. The topological polar surface area (TPSA) is 79.5 Å². The number of carboxylic acids is 1. The number of furan rings is 1. The molecule has 0 spiro atoms. The lowest BCUT2D eigenvalue weighted by molar-refractivity contribution is -0.118. The van der Waals surface area contributed by atoms with E-state index in [1.165, 1.54) is 18.2 Å². The molecule has 0 unspecified atom stereocenters. The third-order valence-electron chi connectivity index (χ3n) is 2.57. The summed E-state index contributed by atoms with van der Waals surface area (Å²) in [5, 5.41) is 11.6. The fourth-order valence-electron chi connectivity index (χ4n) is 1.54. The van der Waals surface area contributed by atoms with Gasteiger partial charge in [0.05, 0.1) is 5.75 Å². The van der Waals surface area contributed by atoms with Crippen molar-refractivity contribution in [2.75, 3.05) is 5.75 Å². The molecular weight excluding hydrogens is 297 g/mol. The van der Waals surface area contributed by atoms with Crippen LogP contribution in [-0.4, -0.2) is 22.7 Å². The van der Waals surface area contributed by atoms with Crippen LogP contribution in [0.4, 0.5) is 4.39 Å². The van der Waals surface area contributed by atoms with Gasteiger partial charge in [0.1, 0.15) is 5.82 Å². The zero-order valence-electron chi connectivity index (χ0n) is 10.8. The van der Waals surface area contributed by atoms with E-state index in [0.717, 1.165) is 11.8 Å². The van der Waals surface area contributed by atoms with Gasteiger partial charge in [-0.2, -0.15) is 0 Å². The van der Waals surface area contributed by atoms with Gasteiger partial charge in [0, 0.05) is 12.1 Å². The van der Waals surface area contributed by atoms with Gasteiger partial charge in [0.2, 0.25) is 11.7 Å². The number of hydrogen-bond donors (Lipinski definition) is 2. The number of nitrogens with one attached hydrogen (secondary N) is 1. The van der Waals surface area contributed by atoms with Gasteiger partial charge in [0.25, 0.3) is 0 Å². The number of amides is 1. The standard InChI is InChI=1S/C14H12FNO4S/c15-10-4-2-1-3-9(10)7-16-12(17)8-21-13-6-5-11(20-13)14(18)19/h1-6H,7-8H2,(H,16,17)(H,18,19). The Kier molecular flexibility index (Phi) is 4.99. The van der Waals surface area contributed by atoms with Crippen LogP contribution in [0, 0.1) is 5.82 Å². The summed E-state index contributed by atoms with van der Waals surface area (Å²) in [4.78, 5) is 22.3. The minimum atomic E-state index is -1.16. The van der Waals surface area contributed by atoms with Crippen molar-refractivity contribution < 1.29 is 23.5 Å². The zero-order chi connectivity index (χ0) is 15.2. The molecule has 0 fully saturated rings. The van der Waals surface area contributed by atoms with Crippen molar-refractivity contribution >= 4 is 23.6 Å². The molecule has 110 valence electrons. The van der Waals surface area contributed by atoms with E-state index in [4.69, 9.17) is 9.52 Å². The summed E-state index contributed by atoms with van der Waals surface area (Å²) < 4.78 is 18.3. The number of aromatic carboxylic acids is 1. The summed E-state index contributed by atoms with van der Waals surface area (Å²) in [6, 6.07) is 8.99. The van der Waals surface area contributed by atoms with Crippen LogP contribution < -0.4 is 5.32 Å². The van der Waals surface area contributed by atoms with Crippen molar-refractivity contribution in [1.82, 2.24) is 5.32 Å². The third kappa shape index (κ3) is 4.35. The average Bonchev–Trinajstić information content (AvgIpc) is 2.93. The minimum absolute atomic E-state index is 0.0566. The van der Waals surface area contributed by atoms with E-state index in [1.54, 1.807) is 18.2 Å². The molecule has 0 saturated carbocycles. The van der Waals surface area contributed by atoms with Gasteiger partial charge in [-0.25, -0.2) is 9.18 Å². The number of carboxylic acid groups (broad SMARTS) is 1. The lowest BCUT2D eigenvalue weighted by atomic mass is 10.2. The molecule has 5 nitrogen and oxygen atoms in total. The Bertz CT molecular complexity index is 656. The number of carbonyl (C=O) groups is 2. The number of carbonyl (C=O) groups excluding carboxylic acids is 1. The minimum Gasteiger partial charge on any atom is -0.475 e. The van der Waals surface area contributed by atoms with E-state index in [2.05, 4.69) is 5.32 Å². The monoisotopic (exact) mass is 309 g/mol. The van der Waals surface area contributed by atoms with Crippen LogP contribution >= 0.6 is 11.8 Å². The Morgan fingerprint density at radius 3 is 2.67 bits per heavy atom. The molecule has 0 aliphatic rings. The molecule has 0 saturated heterocycles. The molecule has 1 heterocycles. The molecule has 0 bridgehead atoms. The first-order chi connectivity index (χ1) is 10.1. The van der Waals surface area contributed by atoms with E-state index in [9.17, 15) is 14.0 Å². The highest BCUT2D eigenvalue weighted by atomic mass is 32.2. The van der Waals surface area contributed by atoms with Gasteiger partial charge >= 0.3 is 5.97 Å². The molecule has 0 atom stereocenters. The Labute approximate surface area is 124 Å². The molecule has 1 aromatic heterocycles. The van der Waals surface area contributed by atoms with Crippen molar-refractivity contribution in [3.05, 3.63) is 53.5 Å². The van der Waals surface area contributed by atoms with Crippen molar-refractivity contribution in [3.8, 4) is 0 Å². The van der Waals surface area contributed by atoms with Crippen molar-refractivity contribution in [2.24, 2.45) is 0 Å². The fraction of sp³-hybridized carbons (Fsp3) is 0.143. The fourth-order valence-corrected chi connectivity index (χ4v) is 2.22. The van der Waals surface area contributed by atoms with Crippen LogP contribution in [0.1, 0.15) is 16.1 Å². The second-order valence-corrected chi connectivity index (χ2v) is 5.06. The van der Waals surface area contributed by atoms with Crippen LogP contribution in [0.3, 0.4) is 0 Å². The van der Waals surface area contributed by atoms with E-state index >= 15 is 0 Å².